The van der Waals surface area contributed by atoms with Crippen LogP contribution in [0, 0.1) is 5.92 Å². The molecule has 0 saturated heterocycles. The van der Waals surface area contributed by atoms with E-state index < -0.39 is 10.8 Å². The van der Waals surface area contributed by atoms with Gasteiger partial charge in [-0.3, -0.25) is 4.21 Å². The lowest BCUT2D eigenvalue weighted by Crippen LogP contribution is -2.34. The van der Waals surface area contributed by atoms with Crippen molar-refractivity contribution in [2.75, 3.05) is 5.75 Å². The highest BCUT2D eigenvalue weighted by Crippen LogP contribution is 2.03. The van der Waals surface area contributed by atoms with Crippen molar-refractivity contribution in [1.82, 2.24) is 0 Å². The summed E-state index contributed by atoms with van der Waals surface area (Å²) in [6, 6.07) is 0.0817. The van der Waals surface area contributed by atoms with Gasteiger partial charge >= 0.3 is 0 Å². The first kappa shape index (κ1) is 11.1. The average Bonchev–Trinajstić information content (AvgIpc) is 1.87. The van der Waals surface area contributed by atoms with Crippen molar-refractivity contribution in [3.63, 3.8) is 0 Å². The lowest BCUT2D eigenvalue weighted by molar-refractivity contribution is 0.529. The number of nitrogens with two attached hydrogens (primary N) is 1. The van der Waals surface area contributed by atoms with Crippen molar-refractivity contribution in [1.29, 1.82) is 0 Å². The van der Waals surface area contributed by atoms with Crippen LogP contribution in [0.25, 0.3) is 0 Å². The number of rotatable bonds is 4. The van der Waals surface area contributed by atoms with Gasteiger partial charge in [-0.15, -0.1) is 0 Å². The maximum absolute atomic E-state index is 11.3. The molecule has 0 radical (unpaired) electrons. The Bertz CT molecular complexity index is 134. The second-order valence-electron chi connectivity index (χ2n) is 3.50. The van der Waals surface area contributed by atoms with Crippen LogP contribution in [-0.4, -0.2) is 21.3 Å². The topological polar surface area (TPSA) is 43.1 Å². The first-order valence-electron chi connectivity index (χ1n) is 4.08. The molecule has 0 aliphatic heterocycles. The Morgan fingerprint density at radius 2 is 1.73 bits per heavy atom. The zero-order chi connectivity index (χ0) is 9.02. The zero-order valence-electron chi connectivity index (χ0n) is 7.83. The molecule has 0 saturated carbocycles. The van der Waals surface area contributed by atoms with Crippen LogP contribution in [0.2, 0.25) is 0 Å². The van der Waals surface area contributed by atoms with E-state index in [0.29, 0.717) is 11.7 Å². The van der Waals surface area contributed by atoms with Gasteiger partial charge in [0.1, 0.15) is 0 Å². The molecule has 0 spiro atoms. The molecule has 3 heteroatoms. The van der Waals surface area contributed by atoms with Gasteiger partial charge in [-0.05, 0) is 5.92 Å². The van der Waals surface area contributed by atoms with E-state index in [9.17, 15) is 4.21 Å². The van der Waals surface area contributed by atoms with E-state index >= 15 is 0 Å². The molecule has 0 bridgehead atoms. The molecule has 0 heterocycles. The van der Waals surface area contributed by atoms with Gasteiger partial charge < -0.3 is 5.73 Å². The van der Waals surface area contributed by atoms with Crippen LogP contribution in [0.5, 0.6) is 0 Å². The predicted octanol–water partition coefficient (Wildman–Crippen LogP) is 1.13. The Hall–Kier alpha value is 0.110. The van der Waals surface area contributed by atoms with Crippen LogP contribution in [0.3, 0.4) is 0 Å². The van der Waals surface area contributed by atoms with Gasteiger partial charge in [-0.1, -0.05) is 27.7 Å². The SMILES string of the molecule is CC(C)C(N)CS(=O)C(C)C. The van der Waals surface area contributed by atoms with E-state index in [-0.39, 0.29) is 11.3 Å². The lowest BCUT2D eigenvalue weighted by Gasteiger charge is -2.16. The fourth-order valence-corrected chi connectivity index (χ4v) is 1.72. The maximum Gasteiger partial charge on any atom is 0.0391 e. The summed E-state index contributed by atoms with van der Waals surface area (Å²) < 4.78 is 11.3. The van der Waals surface area contributed by atoms with Gasteiger partial charge in [0, 0.05) is 27.8 Å². The van der Waals surface area contributed by atoms with Crippen LogP contribution >= 0.6 is 0 Å². The monoisotopic (exact) mass is 177 g/mol. The molecule has 2 nitrogen and oxygen atoms in total. The molecule has 2 unspecified atom stereocenters. The molecule has 0 aromatic carbocycles. The fraction of sp³-hybridized carbons (Fsp3) is 1.00. The molecule has 2 atom stereocenters. The van der Waals surface area contributed by atoms with Crippen LogP contribution in [0.4, 0.5) is 0 Å². The molecule has 0 rings (SSSR count). The van der Waals surface area contributed by atoms with Gasteiger partial charge in [-0.25, -0.2) is 0 Å². The summed E-state index contributed by atoms with van der Waals surface area (Å²) in [7, 11) is -0.747. The van der Waals surface area contributed by atoms with Gasteiger partial charge in [-0.2, -0.15) is 0 Å². The Morgan fingerprint density at radius 3 is 2.00 bits per heavy atom. The largest absolute Gasteiger partial charge is 0.327 e. The quantitative estimate of drug-likeness (QED) is 0.699. The Kier molecular flexibility index (Phi) is 4.93. The molecule has 0 aliphatic rings. The summed E-state index contributed by atoms with van der Waals surface area (Å²) in [6.45, 7) is 8.04. The molecule has 2 N–H and O–H groups in total. The summed E-state index contributed by atoms with van der Waals surface area (Å²) in [5.74, 6) is 1.06. The molecule has 0 fully saturated rings. The van der Waals surface area contributed by atoms with E-state index in [4.69, 9.17) is 5.73 Å². The normalized spacial score (nSPS) is 17.4. The van der Waals surface area contributed by atoms with E-state index in [1.54, 1.807) is 0 Å². The molecule has 0 aromatic rings. The lowest BCUT2D eigenvalue weighted by atomic mass is 10.1. The van der Waals surface area contributed by atoms with E-state index in [1.807, 2.05) is 13.8 Å². The van der Waals surface area contributed by atoms with E-state index in [0.717, 1.165) is 0 Å². The zero-order valence-corrected chi connectivity index (χ0v) is 8.65. The fourth-order valence-electron chi connectivity index (χ4n) is 0.575. The van der Waals surface area contributed by atoms with Gasteiger partial charge in [0.05, 0.1) is 0 Å². The minimum Gasteiger partial charge on any atom is -0.327 e. The summed E-state index contributed by atoms with van der Waals surface area (Å²) in [5.41, 5.74) is 5.76. The molecular weight excluding hydrogens is 158 g/mol. The molecule has 0 aromatic heterocycles. The second kappa shape index (κ2) is 4.88. The highest BCUT2D eigenvalue weighted by Gasteiger charge is 2.13. The van der Waals surface area contributed by atoms with Gasteiger partial charge in [0.15, 0.2) is 0 Å². The van der Waals surface area contributed by atoms with Crippen molar-refractivity contribution in [3.05, 3.63) is 0 Å². The summed E-state index contributed by atoms with van der Waals surface area (Å²) in [4.78, 5) is 0. The Labute approximate surface area is 72.0 Å². The van der Waals surface area contributed by atoms with Crippen LogP contribution < -0.4 is 5.73 Å². The second-order valence-corrected chi connectivity index (χ2v) is 5.54. The summed E-state index contributed by atoms with van der Waals surface area (Å²) >= 11 is 0. The van der Waals surface area contributed by atoms with Crippen molar-refractivity contribution in [2.24, 2.45) is 11.7 Å². The average molecular weight is 177 g/mol. The van der Waals surface area contributed by atoms with Crippen molar-refractivity contribution in [3.8, 4) is 0 Å². The summed E-state index contributed by atoms with van der Waals surface area (Å²) in [6.07, 6.45) is 0. The molecule has 0 amide bonds. The third-order valence-corrected chi connectivity index (χ3v) is 3.50. The van der Waals surface area contributed by atoms with Crippen molar-refractivity contribution < 1.29 is 4.21 Å². The molecule has 68 valence electrons. The maximum atomic E-state index is 11.3. The first-order chi connectivity index (χ1) is 4.95. The van der Waals surface area contributed by atoms with Crippen molar-refractivity contribution >= 4 is 10.8 Å². The third kappa shape index (κ3) is 4.53. The Morgan fingerprint density at radius 1 is 1.27 bits per heavy atom. The van der Waals surface area contributed by atoms with Crippen LogP contribution in [0.15, 0.2) is 0 Å². The summed E-state index contributed by atoms with van der Waals surface area (Å²) in [5, 5.41) is 0.236. The number of hydrogen-bond acceptors (Lipinski definition) is 2. The van der Waals surface area contributed by atoms with E-state index in [1.165, 1.54) is 0 Å². The standard InChI is InChI=1S/C8H19NOS/c1-6(2)8(9)5-11(10)7(3)4/h6-8H,5,9H2,1-4H3. The molecule has 11 heavy (non-hydrogen) atoms. The Balaban J connectivity index is 3.76. The molecular formula is C8H19NOS. The van der Waals surface area contributed by atoms with E-state index in [2.05, 4.69) is 13.8 Å². The smallest absolute Gasteiger partial charge is 0.0391 e. The minimum atomic E-state index is -0.747. The minimum absolute atomic E-state index is 0.0817. The van der Waals surface area contributed by atoms with Gasteiger partial charge in [0.25, 0.3) is 0 Å². The highest BCUT2D eigenvalue weighted by atomic mass is 32.2. The molecule has 0 aliphatic carbocycles. The number of hydrogen-bond donors (Lipinski definition) is 1. The van der Waals surface area contributed by atoms with Crippen LogP contribution in [0.1, 0.15) is 27.7 Å². The van der Waals surface area contributed by atoms with Crippen molar-refractivity contribution in [2.45, 2.75) is 39.0 Å². The first-order valence-corrected chi connectivity index (χ1v) is 5.46. The highest BCUT2D eigenvalue weighted by molar-refractivity contribution is 7.85. The van der Waals surface area contributed by atoms with Gasteiger partial charge in [0.2, 0.25) is 0 Å². The third-order valence-electron chi connectivity index (χ3n) is 1.74. The van der Waals surface area contributed by atoms with Crippen LogP contribution in [-0.2, 0) is 10.8 Å². The predicted molar refractivity (Wildman–Crippen MR) is 51.0 cm³/mol.